The molecule has 1 aliphatic heterocycles. The van der Waals surface area contributed by atoms with E-state index in [1.54, 1.807) is 31.4 Å². The quantitative estimate of drug-likeness (QED) is 0.375. The van der Waals surface area contributed by atoms with E-state index in [1.165, 1.54) is 0 Å². The molecular formula is C28H31N3O5. The van der Waals surface area contributed by atoms with Crippen molar-refractivity contribution in [1.82, 2.24) is 5.32 Å². The Labute approximate surface area is 210 Å². The van der Waals surface area contributed by atoms with Crippen molar-refractivity contribution in [3.63, 3.8) is 0 Å². The molecule has 3 aromatic carbocycles. The summed E-state index contributed by atoms with van der Waals surface area (Å²) in [5, 5.41) is 18.4. The molecule has 0 bridgehead atoms. The molecule has 188 valence electrons. The van der Waals surface area contributed by atoms with Gasteiger partial charge in [-0.25, -0.2) is 4.79 Å². The van der Waals surface area contributed by atoms with E-state index in [1.807, 2.05) is 54.6 Å². The number of carbonyl (C=O) groups is 2. The zero-order valence-corrected chi connectivity index (χ0v) is 20.1. The van der Waals surface area contributed by atoms with Crippen LogP contribution in [0.4, 0.5) is 16.2 Å². The van der Waals surface area contributed by atoms with E-state index in [0.717, 1.165) is 11.1 Å². The second kappa shape index (κ2) is 12.2. The number of nitrogens with one attached hydrogen (secondary N) is 3. The Kier molecular flexibility index (Phi) is 8.54. The van der Waals surface area contributed by atoms with Crippen LogP contribution in [0.25, 0.3) is 11.1 Å². The van der Waals surface area contributed by atoms with Gasteiger partial charge in [-0.15, -0.1) is 0 Å². The number of urea groups is 1. The first-order chi connectivity index (χ1) is 17.5. The third-order valence-electron chi connectivity index (χ3n) is 6.13. The van der Waals surface area contributed by atoms with Crippen molar-refractivity contribution in [2.45, 2.75) is 37.5 Å². The minimum Gasteiger partial charge on any atom is -0.497 e. The summed E-state index contributed by atoms with van der Waals surface area (Å²) < 4.78 is 11.1. The number of amides is 3. The first-order valence-electron chi connectivity index (χ1n) is 12.0. The lowest BCUT2D eigenvalue weighted by molar-refractivity contribution is -0.126. The minimum absolute atomic E-state index is 0.161. The smallest absolute Gasteiger partial charge is 0.319 e. The van der Waals surface area contributed by atoms with E-state index < -0.39 is 12.1 Å². The van der Waals surface area contributed by atoms with Gasteiger partial charge < -0.3 is 30.5 Å². The van der Waals surface area contributed by atoms with E-state index in [0.29, 0.717) is 30.0 Å². The van der Waals surface area contributed by atoms with Gasteiger partial charge in [0.1, 0.15) is 11.9 Å². The minimum atomic E-state index is -0.599. The third-order valence-corrected chi connectivity index (χ3v) is 6.13. The molecule has 1 heterocycles. The van der Waals surface area contributed by atoms with Crippen molar-refractivity contribution >= 4 is 23.3 Å². The van der Waals surface area contributed by atoms with Crippen molar-refractivity contribution in [3.05, 3.63) is 78.9 Å². The maximum Gasteiger partial charge on any atom is 0.319 e. The fraction of sp³-hybridized carbons (Fsp3) is 0.286. The molecule has 36 heavy (non-hydrogen) atoms. The van der Waals surface area contributed by atoms with Gasteiger partial charge in [0, 0.05) is 17.4 Å². The number of aliphatic hydroxyl groups is 1. The van der Waals surface area contributed by atoms with Crippen LogP contribution in [0.2, 0.25) is 0 Å². The third kappa shape index (κ3) is 6.84. The van der Waals surface area contributed by atoms with E-state index in [9.17, 15) is 14.7 Å². The highest BCUT2D eigenvalue weighted by Gasteiger charge is 2.33. The van der Waals surface area contributed by atoms with Crippen molar-refractivity contribution < 1.29 is 24.2 Å². The van der Waals surface area contributed by atoms with E-state index in [-0.39, 0.29) is 31.1 Å². The van der Waals surface area contributed by atoms with Crippen LogP contribution in [0.3, 0.4) is 0 Å². The second-order valence-corrected chi connectivity index (χ2v) is 8.69. The molecule has 0 aromatic heterocycles. The molecule has 0 aliphatic carbocycles. The molecule has 0 spiro atoms. The zero-order valence-electron chi connectivity index (χ0n) is 20.1. The number of carbonyl (C=O) groups excluding carboxylic acids is 2. The van der Waals surface area contributed by atoms with Gasteiger partial charge >= 0.3 is 6.03 Å². The van der Waals surface area contributed by atoms with Gasteiger partial charge in [-0.05, 0) is 48.2 Å². The van der Waals surface area contributed by atoms with Crippen LogP contribution >= 0.6 is 0 Å². The van der Waals surface area contributed by atoms with Gasteiger partial charge in [0.05, 0.1) is 32.3 Å². The lowest BCUT2D eigenvalue weighted by Gasteiger charge is -2.35. The molecule has 0 unspecified atom stereocenters. The van der Waals surface area contributed by atoms with Gasteiger partial charge in [-0.2, -0.15) is 0 Å². The molecule has 8 heteroatoms. The van der Waals surface area contributed by atoms with Gasteiger partial charge in [-0.1, -0.05) is 48.5 Å². The van der Waals surface area contributed by atoms with Gasteiger partial charge in [-0.3, -0.25) is 4.79 Å². The van der Waals surface area contributed by atoms with Crippen LogP contribution < -0.4 is 20.7 Å². The summed E-state index contributed by atoms with van der Waals surface area (Å²) in [7, 11) is 1.56. The Morgan fingerprint density at radius 2 is 1.67 bits per heavy atom. The van der Waals surface area contributed by atoms with Crippen molar-refractivity contribution in [2.24, 2.45) is 0 Å². The van der Waals surface area contributed by atoms with Crippen LogP contribution in [0.15, 0.2) is 78.9 Å². The van der Waals surface area contributed by atoms with Crippen molar-refractivity contribution in [3.8, 4) is 16.9 Å². The number of aliphatic hydroxyl groups excluding tert-OH is 1. The first-order valence-corrected chi connectivity index (χ1v) is 12.0. The Morgan fingerprint density at radius 3 is 2.39 bits per heavy atom. The fourth-order valence-corrected chi connectivity index (χ4v) is 4.28. The molecule has 8 nitrogen and oxygen atoms in total. The van der Waals surface area contributed by atoms with Gasteiger partial charge in [0.2, 0.25) is 5.91 Å². The normalized spacial score (nSPS) is 19.2. The topological polar surface area (TPSA) is 109 Å². The average Bonchev–Trinajstić information content (AvgIpc) is 2.90. The van der Waals surface area contributed by atoms with Crippen LogP contribution in [-0.2, 0) is 9.53 Å². The van der Waals surface area contributed by atoms with E-state index >= 15 is 0 Å². The van der Waals surface area contributed by atoms with Crippen molar-refractivity contribution in [1.29, 1.82) is 0 Å². The van der Waals surface area contributed by atoms with Crippen LogP contribution in [0, 0.1) is 0 Å². The summed E-state index contributed by atoms with van der Waals surface area (Å²) >= 11 is 0. The molecule has 3 atom stereocenters. The predicted octanol–water partition coefficient (Wildman–Crippen LogP) is 4.42. The molecule has 1 aliphatic rings. The molecule has 0 saturated carbocycles. The highest BCUT2D eigenvalue weighted by atomic mass is 16.5. The largest absolute Gasteiger partial charge is 0.497 e. The zero-order chi connectivity index (χ0) is 25.3. The molecule has 3 amide bonds. The lowest BCUT2D eigenvalue weighted by atomic mass is 9.97. The number of benzene rings is 3. The number of hydrogen-bond acceptors (Lipinski definition) is 5. The lowest BCUT2D eigenvalue weighted by Crippen LogP contribution is -2.52. The number of methoxy groups -OCH3 is 1. The number of ether oxygens (including phenoxy) is 2. The molecule has 1 saturated heterocycles. The summed E-state index contributed by atoms with van der Waals surface area (Å²) in [6, 6.07) is 24.0. The molecule has 1 fully saturated rings. The van der Waals surface area contributed by atoms with Crippen LogP contribution in [0.5, 0.6) is 5.75 Å². The summed E-state index contributed by atoms with van der Waals surface area (Å²) in [5.74, 6) is 0.474. The van der Waals surface area contributed by atoms with Gasteiger partial charge in [0.15, 0.2) is 0 Å². The monoisotopic (exact) mass is 489 g/mol. The maximum absolute atomic E-state index is 12.6. The Balaban J connectivity index is 1.25. The number of rotatable bonds is 8. The summed E-state index contributed by atoms with van der Waals surface area (Å²) in [6.07, 6.45) is 0.393. The number of hydrogen-bond donors (Lipinski definition) is 4. The van der Waals surface area contributed by atoms with E-state index in [2.05, 4.69) is 16.0 Å². The SMILES string of the molecule is COc1cccc(NC(=O)N[C@@H]2CC[C@H](CC(=O)Nc3ccc(-c4ccccc4)cc3)O[C@@H]2CO)c1. The van der Waals surface area contributed by atoms with Crippen molar-refractivity contribution in [2.75, 3.05) is 24.4 Å². The van der Waals surface area contributed by atoms with E-state index in [4.69, 9.17) is 9.47 Å². The molecule has 4 N–H and O–H groups in total. The Bertz CT molecular complexity index is 1150. The molecule has 0 radical (unpaired) electrons. The molecular weight excluding hydrogens is 458 g/mol. The number of anilines is 2. The van der Waals surface area contributed by atoms with Crippen LogP contribution in [0.1, 0.15) is 19.3 Å². The summed E-state index contributed by atoms with van der Waals surface area (Å²) in [4.78, 5) is 25.1. The first kappa shape index (κ1) is 25.2. The van der Waals surface area contributed by atoms with Gasteiger partial charge in [0.25, 0.3) is 0 Å². The second-order valence-electron chi connectivity index (χ2n) is 8.69. The molecule has 3 aromatic rings. The van der Waals surface area contributed by atoms with Crippen LogP contribution in [-0.4, -0.2) is 49.0 Å². The Morgan fingerprint density at radius 1 is 0.917 bits per heavy atom. The summed E-state index contributed by atoms with van der Waals surface area (Å²) in [5.41, 5.74) is 3.49. The predicted molar refractivity (Wildman–Crippen MR) is 139 cm³/mol. The molecule has 4 rings (SSSR count). The highest BCUT2D eigenvalue weighted by Crippen LogP contribution is 2.24. The Hall–Kier alpha value is -3.88. The average molecular weight is 490 g/mol. The summed E-state index contributed by atoms with van der Waals surface area (Å²) in [6.45, 7) is -0.261. The highest BCUT2D eigenvalue weighted by molar-refractivity contribution is 5.91. The fourth-order valence-electron chi connectivity index (χ4n) is 4.28. The standard InChI is InChI=1S/C28H31N3O5/c1-35-23-9-5-8-22(16-23)30-28(34)31-25-15-14-24(36-26(25)18-32)17-27(33)29-21-12-10-20(11-13-21)19-6-3-2-4-7-19/h2-13,16,24-26,32H,14-15,17-18H2,1H3,(H,29,33)(H2,30,31,34)/t24-,25-,26-/m1/s1. The maximum atomic E-state index is 12.6.